The van der Waals surface area contributed by atoms with Gasteiger partial charge in [0.05, 0.1) is 5.69 Å². The summed E-state index contributed by atoms with van der Waals surface area (Å²) in [5, 5.41) is 14.3. The normalized spacial score (nSPS) is 11.0. The summed E-state index contributed by atoms with van der Waals surface area (Å²) in [7, 11) is 1.92. The Balaban J connectivity index is 1.78. The summed E-state index contributed by atoms with van der Waals surface area (Å²) in [6.07, 6.45) is 3.64. The van der Waals surface area contributed by atoms with E-state index in [9.17, 15) is 14.3 Å². The second-order valence-electron chi connectivity index (χ2n) is 6.64. The minimum atomic E-state index is -0.565. The highest BCUT2D eigenvalue weighted by Gasteiger charge is 2.14. The summed E-state index contributed by atoms with van der Waals surface area (Å²) in [6, 6.07) is 13.7. The van der Waals surface area contributed by atoms with Gasteiger partial charge < -0.3 is 15.0 Å². The summed E-state index contributed by atoms with van der Waals surface area (Å²) in [4.78, 5) is 15.6. The fourth-order valence-electron chi connectivity index (χ4n) is 3.28. The van der Waals surface area contributed by atoms with E-state index in [0.29, 0.717) is 16.7 Å². The molecular formula is C22H18FN3O2. The molecule has 0 radical (unpaired) electrons. The summed E-state index contributed by atoms with van der Waals surface area (Å²) in [6.45, 7) is 1.32. The quantitative estimate of drug-likeness (QED) is 0.545. The van der Waals surface area contributed by atoms with E-state index in [0.717, 1.165) is 16.6 Å². The third-order valence-corrected chi connectivity index (χ3v) is 4.64. The van der Waals surface area contributed by atoms with Gasteiger partial charge in [-0.15, -0.1) is 0 Å². The van der Waals surface area contributed by atoms with Gasteiger partial charge in [-0.3, -0.25) is 4.79 Å². The van der Waals surface area contributed by atoms with Gasteiger partial charge in [0.1, 0.15) is 17.2 Å². The van der Waals surface area contributed by atoms with Crippen LogP contribution in [-0.4, -0.2) is 20.6 Å². The summed E-state index contributed by atoms with van der Waals surface area (Å²) >= 11 is 0. The van der Waals surface area contributed by atoms with Crippen LogP contribution in [0.2, 0.25) is 0 Å². The first kappa shape index (κ1) is 17.7. The number of nitrogens with zero attached hydrogens (tertiary/aromatic N) is 2. The van der Waals surface area contributed by atoms with Crippen molar-refractivity contribution in [3.63, 3.8) is 0 Å². The van der Waals surface area contributed by atoms with Crippen molar-refractivity contribution in [1.29, 1.82) is 0 Å². The molecule has 0 atom stereocenters. The van der Waals surface area contributed by atoms with Crippen LogP contribution in [0.4, 0.5) is 10.1 Å². The van der Waals surface area contributed by atoms with Gasteiger partial charge in [0, 0.05) is 48.4 Å². The predicted octanol–water partition coefficient (Wildman–Crippen LogP) is 4.71. The van der Waals surface area contributed by atoms with Gasteiger partial charge in [0.2, 0.25) is 5.91 Å². The maximum absolute atomic E-state index is 14.3. The number of pyridine rings is 1. The number of halogens is 1. The molecular weight excluding hydrogens is 357 g/mol. The minimum Gasteiger partial charge on any atom is -0.507 e. The van der Waals surface area contributed by atoms with Crippen LogP contribution in [0.1, 0.15) is 6.92 Å². The molecule has 28 heavy (non-hydrogen) atoms. The molecule has 2 heterocycles. The molecule has 2 N–H and O–H groups in total. The Kier molecular flexibility index (Phi) is 4.31. The molecule has 0 saturated heterocycles. The summed E-state index contributed by atoms with van der Waals surface area (Å²) < 4.78 is 16.2. The molecule has 2 aromatic heterocycles. The molecule has 140 valence electrons. The maximum Gasteiger partial charge on any atom is 0.221 e. The summed E-state index contributed by atoms with van der Waals surface area (Å²) in [5.74, 6) is -0.864. The first-order chi connectivity index (χ1) is 13.4. The van der Waals surface area contributed by atoms with Crippen molar-refractivity contribution in [1.82, 2.24) is 9.55 Å². The number of aromatic hydroxyl groups is 1. The summed E-state index contributed by atoms with van der Waals surface area (Å²) in [5.41, 5.74) is 3.36. The second kappa shape index (κ2) is 6.81. The molecule has 5 nitrogen and oxygen atoms in total. The molecule has 0 saturated carbocycles. The van der Waals surface area contributed by atoms with Crippen molar-refractivity contribution in [2.24, 2.45) is 7.05 Å². The smallest absolute Gasteiger partial charge is 0.221 e. The van der Waals surface area contributed by atoms with Gasteiger partial charge in [0.25, 0.3) is 0 Å². The molecule has 0 aliphatic carbocycles. The Morgan fingerprint density at radius 1 is 1.11 bits per heavy atom. The van der Waals surface area contributed by atoms with Gasteiger partial charge >= 0.3 is 0 Å². The number of aryl methyl sites for hydroxylation is 1. The zero-order valence-electron chi connectivity index (χ0n) is 15.4. The number of hydrogen-bond acceptors (Lipinski definition) is 3. The van der Waals surface area contributed by atoms with E-state index in [1.54, 1.807) is 30.5 Å². The number of rotatable bonds is 3. The molecule has 0 aliphatic heterocycles. The maximum atomic E-state index is 14.3. The molecule has 6 heteroatoms. The number of amides is 1. The number of benzene rings is 2. The number of aromatic nitrogens is 2. The van der Waals surface area contributed by atoms with E-state index >= 15 is 0 Å². The van der Waals surface area contributed by atoms with Gasteiger partial charge in [-0.25, -0.2) is 9.37 Å². The first-order valence-electron chi connectivity index (χ1n) is 8.75. The van der Waals surface area contributed by atoms with Gasteiger partial charge in [-0.1, -0.05) is 24.3 Å². The Labute approximate surface area is 161 Å². The largest absolute Gasteiger partial charge is 0.507 e. The average molecular weight is 375 g/mol. The van der Waals surface area contributed by atoms with Gasteiger partial charge in [-0.05, 0) is 29.8 Å². The molecule has 2 aromatic carbocycles. The highest BCUT2D eigenvalue weighted by atomic mass is 19.1. The zero-order valence-corrected chi connectivity index (χ0v) is 15.4. The van der Waals surface area contributed by atoms with E-state index in [1.807, 2.05) is 29.9 Å². The second-order valence-corrected chi connectivity index (χ2v) is 6.64. The third-order valence-electron chi connectivity index (χ3n) is 4.64. The number of hydrogen-bond donors (Lipinski definition) is 2. The lowest BCUT2D eigenvalue weighted by Crippen LogP contribution is -2.07. The molecule has 1 amide bonds. The van der Waals surface area contributed by atoms with Gasteiger partial charge in [-0.2, -0.15) is 0 Å². The number of carbonyl (C=O) groups excluding carboxylic acids is 1. The SMILES string of the molecule is CC(=O)Nc1ccc(-c2cccc(-c3cnc4c(ccn4C)c3)c2O)cc1F. The van der Waals surface area contributed by atoms with Crippen molar-refractivity contribution in [2.75, 3.05) is 5.32 Å². The standard InChI is InChI=1S/C22H18FN3O2/c1-13(27)25-20-7-6-14(11-19(20)23)17-4-3-5-18(21(17)28)16-10-15-8-9-26(2)22(15)24-12-16/h3-12,28H,1-2H3,(H,25,27). The highest BCUT2D eigenvalue weighted by molar-refractivity contribution is 5.90. The number of phenolic OH excluding ortho intramolecular Hbond substituents is 1. The molecule has 0 spiro atoms. The van der Waals surface area contributed by atoms with E-state index < -0.39 is 5.82 Å². The topological polar surface area (TPSA) is 67.2 Å². The van der Waals surface area contributed by atoms with Crippen LogP contribution in [0, 0.1) is 5.82 Å². The van der Waals surface area contributed by atoms with Crippen LogP contribution in [-0.2, 0) is 11.8 Å². The lowest BCUT2D eigenvalue weighted by Gasteiger charge is -2.12. The molecule has 4 rings (SSSR count). The highest BCUT2D eigenvalue weighted by Crippen LogP contribution is 2.39. The zero-order chi connectivity index (χ0) is 19.8. The Morgan fingerprint density at radius 3 is 2.57 bits per heavy atom. The average Bonchev–Trinajstić information content (AvgIpc) is 3.04. The molecule has 4 aromatic rings. The molecule has 0 fully saturated rings. The van der Waals surface area contributed by atoms with Gasteiger partial charge in [0.15, 0.2) is 0 Å². The first-order valence-corrected chi connectivity index (χ1v) is 8.75. The number of anilines is 1. The van der Waals surface area contributed by atoms with Crippen molar-refractivity contribution in [3.05, 3.63) is 66.7 Å². The molecule has 0 unspecified atom stereocenters. The van der Waals surface area contributed by atoms with Crippen molar-refractivity contribution >= 4 is 22.6 Å². The Hall–Kier alpha value is -3.67. The third kappa shape index (κ3) is 3.09. The lowest BCUT2D eigenvalue weighted by atomic mass is 9.97. The van der Waals surface area contributed by atoms with E-state index in [-0.39, 0.29) is 17.3 Å². The lowest BCUT2D eigenvalue weighted by molar-refractivity contribution is -0.114. The minimum absolute atomic E-state index is 0.0475. The number of para-hydroxylation sites is 1. The van der Waals surface area contributed by atoms with E-state index in [4.69, 9.17) is 0 Å². The molecule has 0 bridgehead atoms. The molecule has 0 aliphatic rings. The van der Waals surface area contributed by atoms with Crippen LogP contribution in [0.5, 0.6) is 5.75 Å². The van der Waals surface area contributed by atoms with Crippen LogP contribution in [0.25, 0.3) is 33.3 Å². The van der Waals surface area contributed by atoms with E-state index in [1.165, 1.54) is 19.1 Å². The Bertz CT molecular complexity index is 1210. The van der Waals surface area contributed by atoms with Crippen LogP contribution in [0.15, 0.2) is 60.9 Å². The Morgan fingerprint density at radius 2 is 1.86 bits per heavy atom. The van der Waals surface area contributed by atoms with Crippen molar-refractivity contribution in [2.45, 2.75) is 6.92 Å². The number of carbonyl (C=O) groups is 1. The van der Waals surface area contributed by atoms with Crippen LogP contribution in [0.3, 0.4) is 0 Å². The number of fused-ring (bicyclic) bond motifs is 1. The fourth-order valence-corrected chi connectivity index (χ4v) is 3.28. The van der Waals surface area contributed by atoms with Crippen LogP contribution >= 0.6 is 0 Å². The van der Waals surface area contributed by atoms with Crippen molar-refractivity contribution < 1.29 is 14.3 Å². The number of nitrogens with one attached hydrogen (secondary N) is 1. The van der Waals surface area contributed by atoms with Crippen LogP contribution < -0.4 is 5.32 Å². The van der Waals surface area contributed by atoms with E-state index in [2.05, 4.69) is 10.3 Å². The monoisotopic (exact) mass is 375 g/mol. The fraction of sp³-hybridized carbons (Fsp3) is 0.0909. The van der Waals surface area contributed by atoms with Crippen molar-refractivity contribution in [3.8, 4) is 28.0 Å². The predicted molar refractivity (Wildman–Crippen MR) is 108 cm³/mol. The number of phenols is 1.